The first-order valence-electron chi connectivity index (χ1n) is 9.83. The first kappa shape index (κ1) is 21.3. The number of likely N-dealkylation sites (N-methyl/N-ethyl adjacent to an activating group) is 1. The highest BCUT2D eigenvalue weighted by molar-refractivity contribution is 5.58. The highest BCUT2D eigenvalue weighted by Gasteiger charge is 2.35. The van der Waals surface area contributed by atoms with E-state index < -0.39 is 18.0 Å². The number of aliphatic hydroxyl groups is 1. The second-order valence-corrected chi connectivity index (χ2v) is 7.38. The van der Waals surface area contributed by atoms with Gasteiger partial charge in [-0.3, -0.25) is 0 Å². The van der Waals surface area contributed by atoms with E-state index in [1.165, 1.54) is 11.0 Å². The quantitative estimate of drug-likeness (QED) is 0.777. The highest BCUT2D eigenvalue weighted by Crippen LogP contribution is 2.31. The van der Waals surface area contributed by atoms with E-state index in [2.05, 4.69) is 19.9 Å². The summed E-state index contributed by atoms with van der Waals surface area (Å²) in [6, 6.07) is 5.39. The summed E-state index contributed by atoms with van der Waals surface area (Å²) in [6.45, 7) is 0.991. The number of alkyl halides is 3. The van der Waals surface area contributed by atoms with Crippen molar-refractivity contribution in [1.29, 1.82) is 0 Å². The van der Waals surface area contributed by atoms with Crippen LogP contribution in [0.2, 0.25) is 0 Å². The van der Waals surface area contributed by atoms with E-state index in [0.717, 1.165) is 18.0 Å². The van der Waals surface area contributed by atoms with Gasteiger partial charge in [-0.25, -0.2) is 15.0 Å². The molecular weight excluding hydrogens is 411 g/mol. The van der Waals surface area contributed by atoms with Crippen molar-refractivity contribution in [1.82, 2.24) is 19.9 Å². The first-order chi connectivity index (χ1) is 14.8. The lowest BCUT2D eigenvalue weighted by atomic mass is 10.2. The van der Waals surface area contributed by atoms with Crippen LogP contribution in [-0.2, 0) is 11.3 Å². The van der Waals surface area contributed by atoms with Crippen molar-refractivity contribution >= 4 is 5.69 Å². The molecule has 4 rings (SSSR count). The molecule has 0 amide bonds. The molecule has 1 fully saturated rings. The maximum atomic E-state index is 12.9. The van der Waals surface area contributed by atoms with E-state index in [0.29, 0.717) is 36.7 Å². The van der Waals surface area contributed by atoms with Crippen LogP contribution < -0.4 is 4.90 Å². The molecule has 31 heavy (non-hydrogen) atoms. The van der Waals surface area contributed by atoms with Crippen molar-refractivity contribution in [2.24, 2.45) is 0 Å². The molecule has 2 aromatic rings. The van der Waals surface area contributed by atoms with Crippen molar-refractivity contribution in [3.63, 3.8) is 0 Å². The number of hydrogen-bond donors (Lipinski definition) is 1. The van der Waals surface area contributed by atoms with Gasteiger partial charge in [0, 0.05) is 38.7 Å². The molecule has 0 aliphatic carbocycles. The monoisotopic (exact) mass is 433 g/mol. The van der Waals surface area contributed by atoms with Crippen LogP contribution in [0.15, 0.2) is 54.5 Å². The fraction of sp³-hybridized carbons (Fsp3) is 0.381. The number of rotatable bonds is 5. The summed E-state index contributed by atoms with van der Waals surface area (Å²) in [4.78, 5) is 16.3. The second-order valence-electron chi connectivity index (χ2n) is 7.38. The van der Waals surface area contributed by atoms with Gasteiger partial charge in [-0.1, -0.05) is 0 Å². The molecule has 0 bridgehead atoms. The maximum Gasteiger partial charge on any atom is 0.417 e. The topological polar surface area (TPSA) is 74.6 Å². The van der Waals surface area contributed by atoms with Gasteiger partial charge in [0.05, 0.1) is 29.7 Å². The molecule has 1 unspecified atom stereocenters. The molecule has 164 valence electrons. The van der Waals surface area contributed by atoms with Crippen molar-refractivity contribution in [2.45, 2.75) is 31.5 Å². The minimum atomic E-state index is -4.38. The Bertz CT molecular complexity index is 981. The normalized spacial score (nSPS) is 21.5. The van der Waals surface area contributed by atoms with Gasteiger partial charge >= 0.3 is 6.18 Å². The summed E-state index contributed by atoms with van der Waals surface area (Å²) in [7, 11) is 1.56. The van der Waals surface area contributed by atoms with Gasteiger partial charge in [0.2, 0.25) is 0 Å². The fourth-order valence-electron chi connectivity index (χ4n) is 3.68. The van der Waals surface area contributed by atoms with Crippen LogP contribution in [0.3, 0.4) is 0 Å². The molecular formula is C21H22F3N5O2. The van der Waals surface area contributed by atoms with Crippen molar-refractivity contribution in [2.75, 3.05) is 25.0 Å². The van der Waals surface area contributed by atoms with Crippen LogP contribution in [0, 0.1) is 0 Å². The predicted octanol–water partition coefficient (Wildman–Crippen LogP) is 2.90. The van der Waals surface area contributed by atoms with E-state index in [4.69, 9.17) is 4.74 Å². The van der Waals surface area contributed by atoms with Crippen LogP contribution in [0.5, 0.6) is 0 Å². The smallest absolute Gasteiger partial charge is 0.390 e. The molecule has 0 aromatic carbocycles. The zero-order valence-corrected chi connectivity index (χ0v) is 16.8. The van der Waals surface area contributed by atoms with Gasteiger partial charge in [0.25, 0.3) is 0 Å². The third kappa shape index (κ3) is 4.70. The largest absolute Gasteiger partial charge is 0.417 e. The molecule has 10 heteroatoms. The van der Waals surface area contributed by atoms with E-state index >= 15 is 0 Å². The fourth-order valence-corrected chi connectivity index (χ4v) is 3.68. The van der Waals surface area contributed by atoms with E-state index in [-0.39, 0.29) is 12.7 Å². The third-order valence-electron chi connectivity index (χ3n) is 5.22. The molecule has 2 aromatic heterocycles. The Morgan fingerprint density at radius 2 is 2.00 bits per heavy atom. The molecule has 1 saturated heterocycles. The Balaban J connectivity index is 1.42. The van der Waals surface area contributed by atoms with Crippen molar-refractivity contribution < 1.29 is 23.0 Å². The van der Waals surface area contributed by atoms with Gasteiger partial charge in [-0.2, -0.15) is 13.2 Å². The summed E-state index contributed by atoms with van der Waals surface area (Å²) < 4.78 is 44.6. The zero-order valence-electron chi connectivity index (χ0n) is 16.8. The Labute approximate surface area is 177 Å². The van der Waals surface area contributed by atoms with Gasteiger partial charge in [-0.15, -0.1) is 0 Å². The summed E-state index contributed by atoms with van der Waals surface area (Å²) in [5, 5.41) is 9.83. The van der Waals surface area contributed by atoms with Crippen molar-refractivity contribution in [3.05, 3.63) is 60.2 Å². The SMILES string of the molecule is CN1C=C(C(F)(F)F)C=CC1O[C@H]1CCN(c2ccc(-c3ncccn3)nc2CO)C1. The lowest BCUT2D eigenvalue weighted by Crippen LogP contribution is -2.36. The molecule has 0 saturated carbocycles. The summed E-state index contributed by atoms with van der Waals surface area (Å²) >= 11 is 0. The minimum Gasteiger partial charge on any atom is -0.390 e. The summed E-state index contributed by atoms with van der Waals surface area (Å²) in [5.74, 6) is 0.477. The number of aromatic nitrogens is 3. The summed E-state index contributed by atoms with van der Waals surface area (Å²) in [5.41, 5.74) is 1.17. The Morgan fingerprint density at radius 3 is 2.68 bits per heavy atom. The molecule has 7 nitrogen and oxygen atoms in total. The van der Waals surface area contributed by atoms with Crippen LogP contribution in [-0.4, -0.2) is 63.6 Å². The third-order valence-corrected chi connectivity index (χ3v) is 5.22. The highest BCUT2D eigenvalue weighted by atomic mass is 19.4. The Morgan fingerprint density at radius 1 is 1.23 bits per heavy atom. The number of hydrogen-bond acceptors (Lipinski definition) is 7. The van der Waals surface area contributed by atoms with Crippen LogP contribution >= 0.6 is 0 Å². The molecule has 1 N–H and O–H groups in total. The Kier molecular flexibility index (Phi) is 5.92. The lowest BCUT2D eigenvalue weighted by Gasteiger charge is -2.31. The van der Waals surface area contributed by atoms with E-state index in [9.17, 15) is 18.3 Å². The minimum absolute atomic E-state index is 0.165. The number of ether oxygens (including phenoxy) is 1. The number of allylic oxidation sites excluding steroid dienone is 2. The van der Waals surface area contributed by atoms with Gasteiger partial charge in [-0.05, 0) is 36.8 Å². The van der Waals surface area contributed by atoms with Gasteiger partial charge in [0.1, 0.15) is 11.9 Å². The molecule has 2 aliphatic rings. The second kappa shape index (κ2) is 8.64. The first-order valence-corrected chi connectivity index (χ1v) is 9.83. The molecule has 0 spiro atoms. The van der Waals surface area contributed by atoms with Crippen LogP contribution in [0.4, 0.5) is 18.9 Å². The zero-order chi connectivity index (χ0) is 22.0. The lowest BCUT2D eigenvalue weighted by molar-refractivity contribution is -0.0931. The number of pyridine rings is 1. The van der Waals surface area contributed by atoms with E-state index in [1.807, 2.05) is 6.07 Å². The van der Waals surface area contributed by atoms with Crippen LogP contribution in [0.1, 0.15) is 12.1 Å². The molecule has 4 heterocycles. The molecule has 0 radical (unpaired) electrons. The number of nitrogens with zero attached hydrogens (tertiary/aromatic N) is 5. The number of aliphatic hydroxyl groups excluding tert-OH is 1. The van der Waals surface area contributed by atoms with Crippen molar-refractivity contribution in [3.8, 4) is 11.5 Å². The average Bonchev–Trinajstić information content (AvgIpc) is 3.23. The van der Waals surface area contributed by atoms with Crippen LogP contribution in [0.25, 0.3) is 11.5 Å². The number of halogens is 3. The molecule has 2 aliphatic heterocycles. The standard InChI is InChI=1S/C21H22F3N5O2/c1-28-11-14(21(22,23)24)3-6-19(28)31-15-7-10-29(12-15)18-5-4-16(27-17(18)13-30)20-25-8-2-9-26-20/h2-6,8-9,11,15,19,30H,7,10,12-13H2,1H3/t15-,19?/m0/s1. The van der Waals surface area contributed by atoms with Gasteiger partial charge in [0.15, 0.2) is 5.82 Å². The molecule has 2 atom stereocenters. The average molecular weight is 433 g/mol. The Hall–Kier alpha value is -2.98. The number of anilines is 1. The summed E-state index contributed by atoms with van der Waals surface area (Å²) in [6.07, 6.45) is 2.37. The van der Waals surface area contributed by atoms with Gasteiger partial charge < -0.3 is 19.6 Å². The predicted molar refractivity (Wildman–Crippen MR) is 108 cm³/mol. The van der Waals surface area contributed by atoms with E-state index in [1.54, 1.807) is 31.6 Å². The maximum absolute atomic E-state index is 12.9.